The smallest absolute Gasteiger partial charge is 0.0729 e. The van der Waals surface area contributed by atoms with E-state index in [0.717, 1.165) is 51.9 Å². The lowest BCUT2D eigenvalue weighted by molar-refractivity contribution is -0.150. The molecule has 1 aliphatic carbocycles. The van der Waals surface area contributed by atoms with Gasteiger partial charge in [0.15, 0.2) is 0 Å². The molecule has 3 nitrogen and oxygen atoms in total. The summed E-state index contributed by atoms with van der Waals surface area (Å²) < 4.78 is 11.5. The van der Waals surface area contributed by atoms with Crippen LogP contribution in [0.3, 0.4) is 0 Å². The second kappa shape index (κ2) is 6.11. The highest BCUT2D eigenvalue weighted by Crippen LogP contribution is 2.40. The number of ether oxygens (including phenoxy) is 2. The molecule has 2 aliphatic heterocycles. The zero-order valence-electron chi connectivity index (χ0n) is 12.0. The average Bonchev–Trinajstić information content (AvgIpc) is 2.93. The average molecular weight is 268 g/mol. The summed E-state index contributed by atoms with van der Waals surface area (Å²) in [6.07, 6.45) is 10.4. The molecule has 1 N–H and O–H groups in total. The van der Waals surface area contributed by atoms with Gasteiger partial charge >= 0.3 is 0 Å². The summed E-state index contributed by atoms with van der Waals surface area (Å²) in [5.41, 5.74) is 0.0799. The van der Waals surface area contributed by atoms with Crippen LogP contribution >= 0.6 is 0 Å². The van der Waals surface area contributed by atoms with Gasteiger partial charge in [0.1, 0.15) is 0 Å². The molecule has 3 aliphatic rings. The topological polar surface area (TPSA) is 38.7 Å². The minimum Gasteiger partial charge on any atom is -0.393 e. The molecule has 0 aromatic rings. The molecule has 0 amide bonds. The van der Waals surface area contributed by atoms with E-state index in [0.29, 0.717) is 11.8 Å². The summed E-state index contributed by atoms with van der Waals surface area (Å²) in [6.45, 7) is 2.57. The maximum Gasteiger partial charge on any atom is 0.0729 e. The number of aliphatic hydroxyl groups is 1. The molecule has 2 unspecified atom stereocenters. The highest BCUT2D eigenvalue weighted by Gasteiger charge is 2.40. The maximum absolute atomic E-state index is 10.4. The molecule has 19 heavy (non-hydrogen) atoms. The summed E-state index contributed by atoms with van der Waals surface area (Å²) in [5.74, 6) is 1.23. The van der Waals surface area contributed by atoms with Crippen LogP contribution in [0.2, 0.25) is 0 Å². The first-order chi connectivity index (χ1) is 9.27. The second-order valence-electron chi connectivity index (χ2n) is 6.85. The van der Waals surface area contributed by atoms with Gasteiger partial charge in [0, 0.05) is 19.8 Å². The monoisotopic (exact) mass is 268 g/mol. The standard InChI is InChI=1S/C16H28O3/c17-15(14-3-1-2-4-14)11-13-5-8-19-16(12-13)6-9-18-10-7-16/h13-15,17H,1-12H2. The van der Waals surface area contributed by atoms with E-state index in [1.165, 1.54) is 25.7 Å². The Bertz CT molecular complexity index is 274. The lowest BCUT2D eigenvalue weighted by atomic mass is 9.77. The minimum absolute atomic E-state index is 0.0671. The van der Waals surface area contributed by atoms with Crippen LogP contribution in [0.4, 0.5) is 0 Å². The van der Waals surface area contributed by atoms with Gasteiger partial charge in [0.25, 0.3) is 0 Å². The van der Waals surface area contributed by atoms with E-state index in [4.69, 9.17) is 9.47 Å². The summed E-state index contributed by atoms with van der Waals surface area (Å²) in [6, 6.07) is 0. The van der Waals surface area contributed by atoms with Crippen molar-refractivity contribution in [3.63, 3.8) is 0 Å². The number of aliphatic hydroxyl groups excluding tert-OH is 1. The van der Waals surface area contributed by atoms with Crippen molar-refractivity contribution in [2.45, 2.75) is 69.5 Å². The lowest BCUT2D eigenvalue weighted by Crippen LogP contribution is -2.45. The van der Waals surface area contributed by atoms with E-state index in [9.17, 15) is 5.11 Å². The van der Waals surface area contributed by atoms with Crippen molar-refractivity contribution < 1.29 is 14.6 Å². The fraction of sp³-hybridized carbons (Fsp3) is 1.00. The summed E-state index contributed by atoms with van der Waals surface area (Å²) >= 11 is 0. The molecule has 1 saturated carbocycles. The molecule has 2 heterocycles. The molecule has 3 heteroatoms. The van der Waals surface area contributed by atoms with Crippen molar-refractivity contribution in [3.8, 4) is 0 Å². The van der Waals surface area contributed by atoms with Gasteiger partial charge in [0.2, 0.25) is 0 Å². The fourth-order valence-electron chi connectivity index (χ4n) is 4.30. The molecule has 2 atom stereocenters. The van der Waals surface area contributed by atoms with Crippen molar-refractivity contribution in [2.24, 2.45) is 11.8 Å². The molecule has 110 valence electrons. The molecular weight excluding hydrogens is 240 g/mol. The third-order valence-corrected chi connectivity index (χ3v) is 5.52. The zero-order chi connectivity index (χ0) is 13.1. The van der Waals surface area contributed by atoms with E-state index < -0.39 is 0 Å². The van der Waals surface area contributed by atoms with Crippen LogP contribution in [0, 0.1) is 11.8 Å². The Labute approximate surface area is 116 Å². The van der Waals surface area contributed by atoms with E-state index in [-0.39, 0.29) is 11.7 Å². The maximum atomic E-state index is 10.4. The van der Waals surface area contributed by atoms with Gasteiger partial charge in [-0.05, 0) is 56.8 Å². The molecule has 0 bridgehead atoms. The fourth-order valence-corrected chi connectivity index (χ4v) is 4.30. The zero-order valence-corrected chi connectivity index (χ0v) is 12.0. The molecular formula is C16H28O3. The van der Waals surface area contributed by atoms with Gasteiger partial charge in [-0.2, -0.15) is 0 Å². The largest absolute Gasteiger partial charge is 0.393 e. The van der Waals surface area contributed by atoms with Crippen LogP contribution in [0.1, 0.15) is 57.8 Å². The molecule has 1 spiro atoms. The van der Waals surface area contributed by atoms with Gasteiger partial charge in [-0.15, -0.1) is 0 Å². The Morgan fingerprint density at radius 2 is 1.79 bits per heavy atom. The number of hydrogen-bond donors (Lipinski definition) is 1. The van der Waals surface area contributed by atoms with Crippen molar-refractivity contribution in [1.29, 1.82) is 0 Å². The number of rotatable bonds is 3. The van der Waals surface area contributed by atoms with Crippen LogP contribution < -0.4 is 0 Å². The Balaban J connectivity index is 1.52. The third kappa shape index (κ3) is 3.32. The van der Waals surface area contributed by atoms with Crippen LogP contribution in [0.15, 0.2) is 0 Å². The van der Waals surface area contributed by atoms with Gasteiger partial charge in [-0.3, -0.25) is 0 Å². The van der Waals surface area contributed by atoms with Crippen LogP contribution in [0.5, 0.6) is 0 Å². The molecule has 3 rings (SSSR count). The van der Waals surface area contributed by atoms with E-state index in [1.807, 2.05) is 0 Å². The van der Waals surface area contributed by atoms with Crippen molar-refractivity contribution >= 4 is 0 Å². The lowest BCUT2D eigenvalue weighted by Gasteiger charge is -2.44. The van der Waals surface area contributed by atoms with Gasteiger partial charge in [-0.25, -0.2) is 0 Å². The molecule has 0 aromatic carbocycles. The van der Waals surface area contributed by atoms with E-state index in [2.05, 4.69) is 0 Å². The Morgan fingerprint density at radius 3 is 2.53 bits per heavy atom. The van der Waals surface area contributed by atoms with Crippen LogP contribution in [-0.4, -0.2) is 36.6 Å². The molecule has 2 saturated heterocycles. The van der Waals surface area contributed by atoms with Crippen LogP contribution in [-0.2, 0) is 9.47 Å². The summed E-state index contributed by atoms with van der Waals surface area (Å²) in [4.78, 5) is 0. The first-order valence-electron chi connectivity index (χ1n) is 8.17. The van der Waals surface area contributed by atoms with E-state index >= 15 is 0 Å². The first kappa shape index (κ1) is 13.8. The molecule has 3 fully saturated rings. The van der Waals surface area contributed by atoms with Gasteiger partial charge in [-0.1, -0.05) is 12.8 Å². The Kier molecular flexibility index (Phi) is 4.45. The molecule has 0 aromatic heterocycles. The Hall–Kier alpha value is -0.120. The van der Waals surface area contributed by atoms with Crippen molar-refractivity contribution in [2.75, 3.05) is 19.8 Å². The quantitative estimate of drug-likeness (QED) is 0.855. The molecule has 0 radical (unpaired) electrons. The predicted octanol–water partition coefficient (Wildman–Crippen LogP) is 2.90. The van der Waals surface area contributed by atoms with Crippen LogP contribution in [0.25, 0.3) is 0 Å². The van der Waals surface area contributed by atoms with Gasteiger partial charge in [0.05, 0.1) is 11.7 Å². The van der Waals surface area contributed by atoms with Crippen molar-refractivity contribution in [1.82, 2.24) is 0 Å². The SMILES string of the molecule is OC(CC1CCOC2(CCOCC2)C1)C1CCCC1. The highest BCUT2D eigenvalue weighted by atomic mass is 16.5. The third-order valence-electron chi connectivity index (χ3n) is 5.52. The predicted molar refractivity (Wildman–Crippen MR) is 74.0 cm³/mol. The Morgan fingerprint density at radius 1 is 1.05 bits per heavy atom. The second-order valence-corrected chi connectivity index (χ2v) is 6.85. The summed E-state index contributed by atoms with van der Waals surface area (Å²) in [7, 11) is 0. The minimum atomic E-state index is -0.0671. The first-order valence-corrected chi connectivity index (χ1v) is 8.17. The normalized spacial score (nSPS) is 33.6. The van der Waals surface area contributed by atoms with Crippen molar-refractivity contribution in [3.05, 3.63) is 0 Å². The van der Waals surface area contributed by atoms with Gasteiger partial charge < -0.3 is 14.6 Å². The van der Waals surface area contributed by atoms with E-state index in [1.54, 1.807) is 0 Å². The summed E-state index contributed by atoms with van der Waals surface area (Å²) in [5, 5.41) is 10.4. The number of hydrogen-bond acceptors (Lipinski definition) is 3. The highest BCUT2D eigenvalue weighted by molar-refractivity contribution is 4.90.